The van der Waals surface area contributed by atoms with E-state index in [0.717, 1.165) is 70.2 Å². The normalized spacial score (nSPS) is 18.2. The van der Waals surface area contributed by atoms with E-state index in [1.165, 1.54) is 6.42 Å². The number of rotatable bonds is 5. The minimum atomic E-state index is 0.281. The number of carbonyl (C=O) groups is 1. The van der Waals surface area contributed by atoms with Gasteiger partial charge in [-0.1, -0.05) is 0 Å². The molecule has 148 valence electrons. The molecule has 0 atom stereocenters. The minimum Gasteiger partial charge on any atom is -0.355 e. The van der Waals surface area contributed by atoms with E-state index in [1.807, 2.05) is 0 Å². The molecule has 9 nitrogen and oxygen atoms in total. The molecule has 28 heavy (non-hydrogen) atoms. The molecule has 2 aromatic heterocycles. The van der Waals surface area contributed by atoms with Crippen LogP contribution in [0.1, 0.15) is 29.8 Å². The first kappa shape index (κ1) is 18.5. The van der Waals surface area contributed by atoms with Crippen molar-refractivity contribution in [2.24, 2.45) is 0 Å². The van der Waals surface area contributed by atoms with Crippen LogP contribution in [-0.4, -0.2) is 77.4 Å². The molecule has 0 saturated carbocycles. The molecule has 0 amide bonds. The molecule has 4 heterocycles. The van der Waals surface area contributed by atoms with Gasteiger partial charge in [0, 0.05) is 39.3 Å². The molecular formula is C19H26N8O. The number of hydrogen-bond acceptors (Lipinski definition) is 9. The van der Waals surface area contributed by atoms with Crippen LogP contribution in [-0.2, 0) is 0 Å². The monoisotopic (exact) mass is 382 g/mol. The Kier molecular flexibility index (Phi) is 5.61. The number of nitrogens with zero attached hydrogens (tertiary/aromatic N) is 7. The number of likely N-dealkylation sites (N-methyl/N-ethyl adjacent to an activating group) is 1. The number of nitrogens with one attached hydrogen (secondary N) is 1. The Morgan fingerprint density at radius 3 is 2.29 bits per heavy atom. The molecule has 0 aromatic carbocycles. The van der Waals surface area contributed by atoms with Crippen molar-refractivity contribution < 1.29 is 4.79 Å². The average Bonchev–Trinajstić information content (AvgIpc) is 2.75. The van der Waals surface area contributed by atoms with E-state index in [1.54, 1.807) is 18.6 Å². The van der Waals surface area contributed by atoms with E-state index >= 15 is 0 Å². The Bertz CT molecular complexity index is 798. The van der Waals surface area contributed by atoms with E-state index < -0.39 is 0 Å². The summed E-state index contributed by atoms with van der Waals surface area (Å²) in [6.07, 6.45) is 9.40. The summed E-state index contributed by atoms with van der Waals surface area (Å²) >= 11 is 0. The molecule has 2 aliphatic heterocycles. The molecule has 4 rings (SSSR count). The molecule has 0 spiro atoms. The van der Waals surface area contributed by atoms with Gasteiger partial charge in [0.25, 0.3) is 0 Å². The fourth-order valence-corrected chi connectivity index (χ4v) is 3.53. The number of aromatic nitrogens is 4. The first-order chi connectivity index (χ1) is 13.7. The molecule has 2 aromatic rings. The Morgan fingerprint density at radius 1 is 0.893 bits per heavy atom. The Labute approximate surface area is 164 Å². The van der Waals surface area contributed by atoms with Crippen molar-refractivity contribution >= 4 is 29.6 Å². The summed E-state index contributed by atoms with van der Waals surface area (Å²) in [5.41, 5.74) is 0.968. The third kappa shape index (κ3) is 4.19. The van der Waals surface area contributed by atoms with Gasteiger partial charge in [-0.2, -0.15) is 0 Å². The lowest BCUT2D eigenvalue weighted by Gasteiger charge is -2.32. The van der Waals surface area contributed by atoms with Gasteiger partial charge in [0.1, 0.15) is 11.5 Å². The first-order valence-electron chi connectivity index (χ1n) is 9.82. The number of anilines is 4. The predicted molar refractivity (Wildman–Crippen MR) is 109 cm³/mol. The Balaban J connectivity index is 1.49. The van der Waals surface area contributed by atoms with Gasteiger partial charge in [0.2, 0.25) is 5.95 Å². The second-order valence-electron chi connectivity index (χ2n) is 7.31. The van der Waals surface area contributed by atoms with Crippen LogP contribution in [0.2, 0.25) is 0 Å². The zero-order valence-electron chi connectivity index (χ0n) is 16.2. The van der Waals surface area contributed by atoms with Crippen LogP contribution in [0.4, 0.5) is 23.3 Å². The summed E-state index contributed by atoms with van der Waals surface area (Å²) in [5.74, 6) is 1.96. The number of piperidine rings is 1. The van der Waals surface area contributed by atoms with Gasteiger partial charge in [-0.25, -0.2) is 19.9 Å². The molecule has 1 N–H and O–H groups in total. The fourth-order valence-electron chi connectivity index (χ4n) is 3.53. The van der Waals surface area contributed by atoms with Crippen molar-refractivity contribution in [3.63, 3.8) is 0 Å². The van der Waals surface area contributed by atoms with Crippen molar-refractivity contribution in [2.45, 2.75) is 19.3 Å². The number of piperazine rings is 1. The van der Waals surface area contributed by atoms with Gasteiger partial charge in [-0.15, -0.1) is 0 Å². The van der Waals surface area contributed by atoms with Crippen LogP contribution in [0.15, 0.2) is 18.6 Å². The molecule has 0 unspecified atom stereocenters. The fraction of sp³-hybridized carbons (Fsp3) is 0.526. The standard InChI is InChI=1S/C19H26N8O/c1-25-7-9-27(10-8-25)19-21-11-15(12-22-19)23-18-16(14-28)20-13-17(24-18)26-5-3-2-4-6-26/h11-14H,2-10H2,1H3,(H,23,24). The predicted octanol–water partition coefficient (Wildman–Crippen LogP) is 1.56. The van der Waals surface area contributed by atoms with Gasteiger partial charge in [0.05, 0.1) is 24.3 Å². The zero-order valence-corrected chi connectivity index (χ0v) is 16.2. The topological polar surface area (TPSA) is 90.4 Å². The summed E-state index contributed by atoms with van der Waals surface area (Å²) in [6.45, 7) is 5.79. The highest BCUT2D eigenvalue weighted by Gasteiger charge is 2.17. The molecular weight excluding hydrogens is 356 g/mol. The van der Waals surface area contributed by atoms with Crippen molar-refractivity contribution in [2.75, 3.05) is 61.4 Å². The van der Waals surface area contributed by atoms with Gasteiger partial charge < -0.3 is 20.0 Å². The van der Waals surface area contributed by atoms with Crippen LogP contribution in [0, 0.1) is 0 Å². The van der Waals surface area contributed by atoms with E-state index in [9.17, 15) is 4.79 Å². The lowest BCUT2D eigenvalue weighted by molar-refractivity contribution is 0.111. The highest BCUT2D eigenvalue weighted by atomic mass is 16.1. The van der Waals surface area contributed by atoms with Crippen LogP contribution >= 0.6 is 0 Å². The highest BCUT2D eigenvalue weighted by molar-refractivity contribution is 5.82. The summed E-state index contributed by atoms with van der Waals surface area (Å²) in [6, 6.07) is 0. The maximum atomic E-state index is 11.4. The van der Waals surface area contributed by atoms with Crippen LogP contribution in [0.5, 0.6) is 0 Å². The maximum absolute atomic E-state index is 11.4. The Hall–Kier alpha value is -2.81. The molecule has 2 aliphatic rings. The van der Waals surface area contributed by atoms with E-state index in [4.69, 9.17) is 0 Å². The number of carbonyl (C=O) groups excluding carboxylic acids is 1. The van der Waals surface area contributed by atoms with Gasteiger partial charge in [-0.05, 0) is 26.3 Å². The third-order valence-corrected chi connectivity index (χ3v) is 5.27. The lowest BCUT2D eigenvalue weighted by Crippen LogP contribution is -2.45. The van der Waals surface area contributed by atoms with Crippen molar-refractivity contribution in [1.82, 2.24) is 24.8 Å². The number of aldehydes is 1. The third-order valence-electron chi connectivity index (χ3n) is 5.27. The summed E-state index contributed by atoms with van der Waals surface area (Å²) in [5, 5.41) is 3.16. The zero-order chi connectivity index (χ0) is 19.3. The summed E-state index contributed by atoms with van der Waals surface area (Å²) < 4.78 is 0. The van der Waals surface area contributed by atoms with E-state index in [-0.39, 0.29) is 5.69 Å². The minimum absolute atomic E-state index is 0.281. The van der Waals surface area contributed by atoms with E-state index in [2.05, 4.69) is 47.0 Å². The second-order valence-corrected chi connectivity index (χ2v) is 7.31. The molecule has 0 bridgehead atoms. The average molecular weight is 382 g/mol. The maximum Gasteiger partial charge on any atom is 0.225 e. The SMILES string of the molecule is CN1CCN(c2ncc(Nc3nc(N4CCCCC4)cnc3C=O)cn2)CC1. The second kappa shape index (κ2) is 8.47. The highest BCUT2D eigenvalue weighted by Crippen LogP contribution is 2.22. The smallest absolute Gasteiger partial charge is 0.225 e. The van der Waals surface area contributed by atoms with Gasteiger partial charge >= 0.3 is 0 Å². The molecule has 0 aliphatic carbocycles. The first-order valence-corrected chi connectivity index (χ1v) is 9.82. The van der Waals surface area contributed by atoms with Crippen molar-refractivity contribution in [3.05, 3.63) is 24.3 Å². The summed E-state index contributed by atoms with van der Waals surface area (Å²) in [7, 11) is 2.12. The van der Waals surface area contributed by atoms with Crippen LogP contribution < -0.4 is 15.1 Å². The van der Waals surface area contributed by atoms with Gasteiger partial charge in [-0.3, -0.25) is 4.79 Å². The quantitative estimate of drug-likeness (QED) is 0.774. The molecule has 0 radical (unpaired) electrons. The molecule has 2 saturated heterocycles. The van der Waals surface area contributed by atoms with Crippen molar-refractivity contribution in [1.29, 1.82) is 0 Å². The van der Waals surface area contributed by atoms with Crippen molar-refractivity contribution in [3.8, 4) is 0 Å². The largest absolute Gasteiger partial charge is 0.355 e. The van der Waals surface area contributed by atoms with Gasteiger partial charge in [0.15, 0.2) is 12.1 Å². The molecule has 9 heteroatoms. The summed E-state index contributed by atoms with van der Waals surface area (Å²) in [4.78, 5) is 35.9. The molecule has 2 fully saturated rings. The number of hydrogen-bond donors (Lipinski definition) is 1. The lowest BCUT2D eigenvalue weighted by atomic mass is 10.1. The Morgan fingerprint density at radius 2 is 1.61 bits per heavy atom. The van der Waals surface area contributed by atoms with Crippen LogP contribution in [0.25, 0.3) is 0 Å². The van der Waals surface area contributed by atoms with Crippen LogP contribution in [0.3, 0.4) is 0 Å². The van der Waals surface area contributed by atoms with E-state index in [0.29, 0.717) is 11.5 Å².